The fraction of sp³-hybridized carbons (Fsp3) is 0.391. The molecule has 2 aromatic carbocycles. The highest BCUT2D eigenvalue weighted by Crippen LogP contribution is 2.35. The standard InChI is InChI=1S/C23H27N3O2S/c1-17(19-9-10-19)26(15-18-7-11-20(28-2)12-8-18)16-23(27)25-21-5-3-4-6-22(21)29-14-13-24/h3-8,11-12,17,19H,9-10,14-16H2,1-2H3,(H,25,27). The maximum Gasteiger partial charge on any atom is 0.238 e. The summed E-state index contributed by atoms with van der Waals surface area (Å²) in [5.41, 5.74) is 1.93. The van der Waals surface area contributed by atoms with Crippen molar-refractivity contribution in [2.75, 3.05) is 24.7 Å². The number of methoxy groups -OCH3 is 1. The predicted molar refractivity (Wildman–Crippen MR) is 117 cm³/mol. The molecule has 5 nitrogen and oxygen atoms in total. The second-order valence-corrected chi connectivity index (χ2v) is 8.34. The largest absolute Gasteiger partial charge is 0.497 e. The first-order valence-corrected chi connectivity index (χ1v) is 10.8. The second kappa shape index (κ2) is 10.3. The normalized spacial score (nSPS) is 14.3. The lowest BCUT2D eigenvalue weighted by atomic mass is 10.1. The molecule has 1 amide bonds. The molecule has 1 aliphatic carbocycles. The molecular formula is C23H27N3O2S. The van der Waals surface area contributed by atoms with Crippen LogP contribution < -0.4 is 10.1 Å². The van der Waals surface area contributed by atoms with E-state index in [2.05, 4.69) is 35.3 Å². The van der Waals surface area contributed by atoms with Gasteiger partial charge in [0.2, 0.25) is 5.91 Å². The molecule has 1 aliphatic rings. The number of hydrogen-bond acceptors (Lipinski definition) is 5. The van der Waals surface area contributed by atoms with Crippen molar-refractivity contribution < 1.29 is 9.53 Å². The Morgan fingerprint density at radius 1 is 1.28 bits per heavy atom. The zero-order valence-electron chi connectivity index (χ0n) is 16.9. The summed E-state index contributed by atoms with van der Waals surface area (Å²) in [6, 6.07) is 18.1. The van der Waals surface area contributed by atoms with Gasteiger partial charge in [-0.2, -0.15) is 5.26 Å². The number of nitriles is 1. The summed E-state index contributed by atoms with van der Waals surface area (Å²) in [7, 11) is 1.66. The molecule has 0 radical (unpaired) electrons. The van der Waals surface area contributed by atoms with E-state index >= 15 is 0 Å². The van der Waals surface area contributed by atoms with Gasteiger partial charge in [-0.15, -0.1) is 11.8 Å². The van der Waals surface area contributed by atoms with Gasteiger partial charge in [0.25, 0.3) is 0 Å². The molecule has 1 N–H and O–H groups in total. The van der Waals surface area contributed by atoms with E-state index in [1.165, 1.54) is 24.6 Å². The lowest BCUT2D eigenvalue weighted by Crippen LogP contribution is -2.40. The Hall–Kier alpha value is -2.49. The minimum Gasteiger partial charge on any atom is -0.497 e. The summed E-state index contributed by atoms with van der Waals surface area (Å²) in [4.78, 5) is 16.0. The molecule has 0 aliphatic heterocycles. The van der Waals surface area contributed by atoms with Gasteiger partial charge in [0, 0.05) is 17.5 Å². The minimum absolute atomic E-state index is 0.0315. The first-order chi connectivity index (χ1) is 14.1. The van der Waals surface area contributed by atoms with Gasteiger partial charge in [-0.05, 0) is 55.5 Å². The van der Waals surface area contributed by atoms with Gasteiger partial charge >= 0.3 is 0 Å². The molecule has 0 spiro atoms. The van der Waals surface area contributed by atoms with Crippen LogP contribution >= 0.6 is 11.8 Å². The Kier molecular flexibility index (Phi) is 7.56. The van der Waals surface area contributed by atoms with E-state index in [-0.39, 0.29) is 5.91 Å². The average molecular weight is 410 g/mol. The molecule has 1 atom stereocenters. The highest BCUT2D eigenvalue weighted by atomic mass is 32.2. The number of rotatable bonds is 10. The number of thioether (sulfide) groups is 1. The van der Waals surface area contributed by atoms with Crippen molar-refractivity contribution in [3.05, 3.63) is 54.1 Å². The minimum atomic E-state index is -0.0315. The number of anilines is 1. The first kappa shape index (κ1) is 21.2. The average Bonchev–Trinajstić information content (AvgIpc) is 3.58. The molecule has 1 saturated carbocycles. The lowest BCUT2D eigenvalue weighted by Gasteiger charge is -2.29. The number of hydrogen-bond donors (Lipinski definition) is 1. The third-order valence-corrected chi connectivity index (χ3v) is 6.17. The summed E-state index contributed by atoms with van der Waals surface area (Å²) in [5, 5.41) is 11.9. The number of para-hydroxylation sites is 1. The van der Waals surface area contributed by atoms with Crippen LogP contribution in [-0.4, -0.2) is 36.3 Å². The zero-order valence-corrected chi connectivity index (χ0v) is 17.7. The number of ether oxygens (including phenoxy) is 1. The van der Waals surface area contributed by atoms with E-state index < -0.39 is 0 Å². The van der Waals surface area contributed by atoms with Crippen molar-refractivity contribution in [1.82, 2.24) is 4.90 Å². The summed E-state index contributed by atoms with van der Waals surface area (Å²) in [6.07, 6.45) is 2.46. The summed E-state index contributed by atoms with van der Waals surface area (Å²) in [6.45, 7) is 3.27. The highest BCUT2D eigenvalue weighted by Gasteiger charge is 2.32. The molecular weight excluding hydrogens is 382 g/mol. The molecule has 0 heterocycles. The number of carbonyl (C=O) groups is 1. The van der Waals surface area contributed by atoms with E-state index in [1.807, 2.05) is 36.4 Å². The van der Waals surface area contributed by atoms with E-state index in [0.29, 0.717) is 24.3 Å². The molecule has 0 bridgehead atoms. The van der Waals surface area contributed by atoms with Crippen molar-refractivity contribution >= 4 is 23.4 Å². The SMILES string of the molecule is COc1ccc(CN(CC(=O)Nc2ccccc2SCC#N)C(C)C2CC2)cc1. The van der Waals surface area contributed by atoms with Crippen molar-refractivity contribution in [3.63, 3.8) is 0 Å². The smallest absolute Gasteiger partial charge is 0.238 e. The van der Waals surface area contributed by atoms with Crippen LogP contribution in [-0.2, 0) is 11.3 Å². The van der Waals surface area contributed by atoms with Gasteiger partial charge in [-0.1, -0.05) is 24.3 Å². The van der Waals surface area contributed by atoms with Gasteiger partial charge in [0.1, 0.15) is 5.75 Å². The predicted octanol–water partition coefficient (Wildman–Crippen LogP) is 4.55. The van der Waals surface area contributed by atoms with Crippen LogP contribution in [0.25, 0.3) is 0 Å². The first-order valence-electron chi connectivity index (χ1n) is 9.86. The van der Waals surface area contributed by atoms with Gasteiger partial charge in [0.05, 0.1) is 31.2 Å². The second-order valence-electron chi connectivity index (χ2n) is 7.32. The van der Waals surface area contributed by atoms with Gasteiger partial charge in [0.15, 0.2) is 0 Å². The fourth-order valence-corrected chi connectivity index (χ4v) is 4.04. The van der Waals surface area contributed by atoms with Crippen molar-refractivity contribution in [1.29, 1.82) is 5.26 Å². The van der Waals surface area contributed by atoms with Crippen molar-refractivity contribution in [3.8, 4) is 11.8 Å². The number of benzene rings is 2. The van der Waals surface area contributed by atoms with E-state index in [1.54, 1.807) is 7.11 Å². The molecule has 6 heteroatoms. The maximum atomic E-state index is 12.8. The van der Waals surface area contributed by atoms with Crippen molar-refractivity contribution in [2.24, 2.45) is 5.92 Å². The van der Waals surface area contributed by atoms with Gasteiger partial charge < -0.3 is 10.1 Å². The maximum absolute atomic E-state index is 12.8. The third kappa shape index (κ3) is 6.25. The van der Waals surface area contributed by atoms with Crippen LogP contribution in [0.2, 0.25) is 0 Å². The molecule has 29 heavy (non-hydrogen) atoms. The third-order valence-electron chi connectivity index (χ3n) is 5.22. The Bertz CT molecular complexity index is 859. The van der Waals surface area contributed by atoms with Gasteiger partial charge in [-0.3, -0.25) is 9.69 Å². The molecule has 0 aromatic heterocycles. The van der Waals surface area contributed by atoms with Crippen LogP contribution in [0, 0.1) is 17.2 Å². The molecule has 2 aromatic rings. The van der Waals surface area contributed by atoms with E-state index in [9.17, 15) is 4.79 Å². The number of carbonyl (C=O) groups excluding carboxylic acids is 1. The van der Waals surface area contributed by atoms with E-state index in [0.717, 1.165) is 28.4 Å². The number of nitrogens with one attached hydrogen (secondary N) is 1. The quantitative estimate of drug-likeness (QED) is 0.583. The van der Waals surface area contributed by atoms with Crippen LogP contribution in [0.4, 0.5) is 5.69 Å². The summed E-state index contributed by atoms with van der Waals surface area (Å²) in [5.74, 6) is 1.82. The molecule has 3 rings (SSSR count). The zero-order chi connectivity index (χ0) is 20.6. The van der Waals surface area contributed by atoms with Crippen LogP contribution in [0.15, 0.2) is 53.4 Å². The highest BCUT2D eigenvalue weighted by molar-refractivity contribution is 7.99. The molecule has 1 unspecified atom stereocenters. The molecule has 1 fully saturated rings. The Morgan fingerprint density at radius 3 is 2.66 bits per heavy atom. The summed E-state index contributed by atoms with van der Waals surface area (Å²) >= 11 is 1.43. The summed E-state index contributed by atoms with van der Waals surface area (Å²) < 4.78 is 5.24. The van der Waals surface area contributed by atoms with Crippen LogP contribution in [0.5, 0.6) is 5.75 Å². The lowest BCUT2D eigenvalue weighted by molar-refractivity contribution is -0.118. The Morgan fingerprint density at radius 2 is 2.00 bits per heavy atom. The number of amides is 1. The molecule has 0 saturated heterocycles. The molecule has 152 valence electrons. The van der Waals surface area contributed by atoms with Crippen molar-refractivity contribution in [2.45, 2.75) is 37.2 Å². The monoisotopic (exact) mass is 409 g/mol. The van der Waals surface area contributed by atoms with E-state index in [4.69, 9.17) is 10.00 Å². The van der Waals surface area contributed by atoms with Crippen LogP contribution in [0.3, 0.4) is 0 Å². The van der Waals surface area contributed by atoms with Gasteiger partial charge in [-0.25, -0.2) is 0 Å². The Balaban J connectivity index is 1.67. The Labute approximate surface area is 177 Å². The fourth-order valence-electron chi connectivity index (χ4n) is 3.37. The van der Waals surface area contributed by atoms with Crippen LogP contribution in [0.1, 0.15) is 25.3 Å². The number of nitrogens with zero attached hydrogens (tertiary/aromatic N) is 2. The topological polar surface area (TPSA) is 65.4 Å².